The third kappa shape index (κ3) is 4.36. The maximum Gasteiger partial charge on any atom is 0.229 e. The molecule has 4 aliphatic rings. The molecule has 0 atom stereocenters. The third-order valence-electron chi connectivity index (χ3n) is 8.16. The van der Waals surface area contributed by atoms with Gasteiger partial charge in [0.1, 0.15) is 5.82 Å². The Kier molecular flexibility index (Phi) is 5.43. The minimum Gasteiger partial charge on any atom is -0.309 e. The lowest BCUT2D eigenvalue weighted by molar-refractivity contribution is -0.115. The van der Waals surface area contributed by atoms with Gasteiger partial charge in [-0.25, -0.2) is 14.4 Å². The number of halogens is 1. The van der Waals surface area contributed by atoms with E-state index in [0.29, 0.717) is 5.82 Å². The summed E-state index contributed by atoms with van der Waals surface area (Å²) in [5, 5.41) is 3.03. The first-order chi connectivity index (χ1) is 16.5. The lowest BCUT2D eigenvalue weighted by Gasteiger charge is -2.57. The third-order valence-corrected chi connectivity index (χ3v) is 8.16. The van der Waals surface area contributed by atoms with Crippen molar-refractivity contribution in [3.05, 3.63) is 77.9 Å². The minimum atomic E-state index is -0.301. The highest BCUT2D eigenvalue weighted by atomic mass is 19.1. The van der Waals surface area contributed by atoms with Crippen molar-refractivity contribution in [2.75, 3.05) is 5.32 Å². The minimum absolute atomic E-state index is 0.153. The first-order valence-corrected chi connectivity index (χ1v) is 12.5. The lowest BCUT2D eigenvalue weighted by atomic mass is 9.48. The number of hydrogen-bond donors (Lipinski definition) is 1. The van der Waals surface area contributed by atoms with Crippen molar-refractivity contribution < 1.29 is 9.18 Å². The average Bonchev–Trinajstić information content (AvgIpc) is 2.81. The van der Waals surface area contributed by atoms with Crippen molar-refractivity contribution in [1.82, 2.24) is 9.97 Å². The van der Waals surface area contributed by atoms with E-state index < -0.39 is 0 Å². The maximum atomic E-state index is 13.2. The number of hydrogen-bond acceptors (Lipinski definition) is 3. The second kappa shape index (κ2) is 8.61. The highest BCUT2D eigenvalue weighted by Gasteiger charge is 2.51. The van der Waals surface area contributed by atoms with Gasteiger partial charge in [0.25, 0.3) is 0 Å². The van der Waals surface area contributed by atoms with Gasteiger partial charge in [-0.1, -0.05) is 42.5 Å². The van der Waals surface area contributed by atoms with Gasteiger partial charge in [-0.2, -0.15) is 0 Å². The smallest absolute Gasteiger partial charge is 0.229 e. The van der Waals surface area contributed by atoms with Crippen LogP contribution in [0.15, 0.2) is 60.8 Å². The normalized spacial score (nSPS) is 27.0. The predicted octanol–water partition coefficient (Wildman–Crippen LogP) is 6.22. The zero-order valence-electron chi connectivity index (χ0n) is 19.3. The number of benzene rings is 2. The van der Waals surface area contributed by atoms with Gasteiger partial charge in [0.15, 0.2) is 5.82 Å². The molecule has 0 radical (unpaired) electrons. The van der Waals surface area contributed by atoms with Crippen LogP contribution < -0.4 is 5.32 Å². The Morgan fingerprint density at radius 1 is 0.941 bits per heavy atom. The summed E-state index contributed by atoms with van der Waals surface area (Å²) in [6, 6.07) is 16.2. The number of rotatable bonds is 6. The second-order valence-corrected chi connectivity index (χ2v) is 10.9. The molecule has 4 saturated carbocycles. The van der Waals surface area contributed by atoms with Crippen molar-refractivity contribution in [3.63, 3.8) is 0 Å². The number of anilines is 1. The molecule has 3 aromatic rings. The average molecular weight is 456 g/mol. The molecule has 4 fully saturated rings. The molecule has 174 valence electrons. The molecule has 1 amide bonds. The van der Waals surface area contributed by atoms with E-state index in [2.05, 4.69) is 5.32 Å². The monoisotopic (exact) mass is 455 g/mol. The van der Waals surface area contributed by atoms with Gasteiger partial charge < -0.3 is 5.32 Å². The Balaban J connectivity index is 1.29. The van der Waals surface area contributed by atoms with Crippen LogP contribution in [0.2, 0.25) is 0 Å². The fourth-order valence-electron chi connectivity index (χ4n) is 7.23. The first-order valence-electron chi connectivity index (χ1n) is 12.5. The maximum absolute atomic E-state index is 13.2. The highest BCUT2D eigenvalue weighted by molar-refractivity contribution is 5.92. The van der Waals surface area contributed by atoms with Gasteiger partial charge in [-0.3, -0.25) is 4.79 Å². The molecule has 4 nitrogen and oxygen atoms in total. The molecular formula is C29H30FN3O. The second-order valence-electron chi connectivity index (χ2n) is 10.9. The molecule has 0 unspecified atom stereocenters. The van der Waals surface area contributed by atoms with Gasteiger partial charge in [0, 0.05) is 5.56 Å². The van der Waals surface area contributed by atoms with Crippen LogP contribution in [0.4, 0.5) is 10.2 Å². The number of nitrogens with one attached hydrogen (secondary N) is 1. The molecule has 1 heterocycles. The van der Waals surface area contributed by atoms with Gasteiger partial charge in [0.05, 0.1) is 24.0 Å². The topological polar surface area (TPSA) is 54.9 Å². The molecule has 1 N–H and O–H groups in total. The summed E-state index contributed by atoms with van der Waals surface area (Å²) in [6.45, 7) is 0. The summed E-state index contributed by atoms with van der Waals surface area (Å²) >= 11 is 0. The van der Waals surface area contributed by atoms with Crippen molar-refractivity contribution in [2.45, 2.75) is 51.4 Å². The number of amides is 1. The fourth-order valence-corrected chi connectivity index (χ4v) is 7.23. The summed E-state index contributed by atoms with van der Waals surface area (Å²) in [7, 11) is 0. The Morgan fingerprint density at radius 3 is 2.24 bits per heavy atom. The molecule has 5 heteroatoms. The summed E-state index contributed by atoms with van der Waals surface area (Å²) in [4.78, 5) is 22.6. The van der Waals surface area contributed by atoms with Gasteiger partial charge in [-0.15, -0.1) is 0 Å². The van der Waals surface area contributed by atoms with E-state index in [0.717, 1.165) is 46.7 Å². The van der Waals surface area contributed by atoms with E-state index in [1.807, 2.05) is 30.3 Å². The largest absolute Gasteiger partial charge is 0.309 e. The van der Waals surface area contributed by atoms with Crippen LogP contribution in [0.25, 0.3) is 11.3 Å². The number of nitrogens with zero attached hydrogens (tertiary/aromatic N) is 2. The molecule has 2 aromatic carbocycles. The van der Waals surface area contributed by atoms with E-state index in [1.165, 1.54) is 50.7 Å². The Labute approximate surface area is 200 Å². The molecule has 1 aromatic heterocycles. The fraction of sp³-hybridized carbons (Fsp3) is 0.414. The number of carbonyl (C=O) groups is 1. The lowest BCUT2D eigenvalue weighted by Crippen LogP contribution is -2.47. The summed E-state index contributed by atoms with van der Waals surface area (Å²) in [6.07, 6.45) is 10.8. The van der Waals surface area contributed by atoms with Crippen LogP contribution in [-0.2, 0) is 17.6 Å². The number of aromatic nitrogens is 2. The van der Waals surface area contributed by atoms with Crippen molar-refractivity contribution in [2.24, 2.45) is 23.2 Å². The quantitative estimate of drug-likeness (QED) is 0.480. The Morgan fingerprint density at radius 2 is 1.59 bits per heavy atom. The standard InChI is InChI=1S/C29H30FN3O/c30-24-8-6-19(7-9-24)13-27(34)33-28-25(32-26(18-31-28)23-4-2-1-3-5-23)17-29-14-20-10-21(15-29)12-22(11-20)16-29/h1-9,18,20-22H,10-17H2,(H,31,33,34). The van der Waals surface area contributed by atoms with Gasteiger partial charge in [0.2, 0.25) is 5.91 Å². The zero-order valence-corrected chi connectivity index (χ0v) is 19.3. The van der Waals surface area contributed by atoms with E-state index in [4.69, 9.17) is 9.97 Å². The van der Waals surface area contributed by atoms with Crippen LogP contribution in [0.3, 0.4) is 0 Å². The van der Waals surface area contributed by atoms with Gasteiger partial charge >= 0.3 is 0 Å². The SMILES string of the molecule is O=C(Cc1ccc(F)cc1)Nc1ncc(-c2ccccc2)nc1CC12CC3CC(CC(C3)C1)C2. The molecule has 4 bridgehead atoms. The molecule has 4 aliphatic carbocycles. The van der Waals surface area contributed by atoms with E-state index in [-0.39, 0.29) is 23.6 Å². The van der Waals surface area contributed by atoms with Crippen LogP contribution in [0.1, 0.15) is 49.8 Å². The van der Waals surface area contributed by atoms with Crippen LogP contribution in [0.5, 0.6) is 0 Å². The van der Waals surface area contributed by atoms with Crippen LogP contribution in [-0.4, -0.2) is 15.9 Å². The van der Waals surface area contributed by atoms with Crippen LogP contribution >= 0.6 is 0 Å². The summed E-state index contributed by atoms with van der Waals surface area (Å²) < 4.78 is 13.2. The van der Waals surface area contributed by atoms with Crippen LogP contribution in [0, 0.1) is 29.0 Å². The zero-order chi connectivity index (χ0) is 23.1. The highest BCUT2D eigenvalue weighted by Crippen LogP contribution is 2.61. The van der Waals surface area contributed by atoms with Crippen molar-refractivity contribution in [3.8, 4) is 11.3 Å². The number of carbonyl (C=O) groups excluding carboxylic acids is 1. The summed E-state index contributed by atoms with van der Waals surface area (Å²) in [5.74, 6) is 2.68. The predicted molar refractivity (Wildman–Crippen MR) is 131 cm³/mol. The summed E-state index contributed by atoms with van der Waals surface area (Å²) in [5.41, 5.74) is 3.84. The Hall–Kier alpha value is -3.08. The molecule has 7 rings (SSSR count). The molecule has 0 aliphatic heterocycles. The molecule has 0 saturated heterocycles. The van der Waals surface area contributed by atoms with Crippen molar-refractivity contribution in [1.29, 1.82) is 0 Å². The van der Waals surface area contributed by atoms with E-state index >= 15 is 0 Å². The van der Waals surface area contributed by atoms with E-state index in [9.17, 15) is 9.18 Å². The Bertz CT molecular complexity index is 1160. The van der Waals surface area contributed by atoms with E-state index in [1.54, 1.807) is 18.3 Å². The molecular weight excluding hydrogens is 425 g/mol. The molecule has 0 spiro atoms. The van der Waals surface area contributed by atoms with Crippen molar-refractivity contribution >= 4 is 11.7 Å². The molecule has 34 heavy (non-hydrogen) atoms. The van der Waals surface area contributed by atoms with Gasteiger partial charge in [-0.05, 0) is 85.8 Å². The first kappa shape index (κ1) is 21.5.